The van der Waals surface area contributed by atoms with Crippen molar-refractivity contribution in [3.8, 4) is 6.07 Å². The summed E-state index contributed by atoms with van der Waals surface area (Å²) in [6.07, 6.45) is 0. The summed E-state index contributed by atoms with van der Waals surface area (Å²) in [5, 5.41) is 20.3. The zero-order chi connectivity index (χ0) is 18.7. The zero-order valence-corrected chi connectivity index (χ0v) is 15.2. The molecule has 0 aliphatic rings. The molecule has 0 saturated heterocycles. The molecule has 0 radical (unpaired) electrons. The molecule has 0 unspecified atom stereocenters. The van der Waals surface area contributed by atoms with Gasteiger partial charge in [-0.2, -0.15) is 5.26 Å². The number of halogens is 2. The molecule has 26 heavy (non-hydrogen) atoms. The number of anilines is 1. The van der Waals surface area contributed by atoms with Crippen molar-refractivity contribution in [2.45, 2.75) is 6.92 Å². The smallest absolute Gasteiger partial charge is 0.223 e. The number of nitrogens with one attached hydrogen (secondary N) is 2. The zero-order valence-electron chi connectivity index (χ0n) is 13.6. The van der Waals surface area contributed by atoms with Crippen molar-refractivity contribution in [1.29, 1.82) is 10.7 Å². The number of nitriles is 1. The summed E-state index contributed by atoms with van der Waals surface area (Å²) < 4.78 is 15.0. The Balaban J connectivity index is 2.08. The van der Waals surface area contributed by atoms with Crippen molar-refractivity contribution in [3.63, 3.8) is 0 Å². The first-order valence-electron chi connectivity index (χ1n) is 7.52. The van der Waals surface area contributed by atoms with E-state index in [1.807, 2.05) is 6.92 Å². The topological polar surface area (TPSA) is 77.0 Å². The van der Waals surface area contributed by atoms with E-state index in [-0.39, 0.29) is 10.5 Å². The average molecular weight is 386 g/mol. The number of aryl methyl sites for hydroxylation is 1. The van der Waals surface area contributed by atoms with Crippen LogP contribution in [0.15, 0.2) is 53.5 Å². The highest BCUT2D eigenvalue weighted by Gasteiger charge is 2.09. The summed E-state index contributed by atoms with van der Waals surface area (Å²) in [5.41, 5.74) is 1.84. The second kappa shape index (κ2) is 7.52. The predicted molar refractivity (Wildman–Crippen MR) is 102 cm³/mol. The summed E-state index contributed by atoms with van der Waals surface area (Å²) in [6.45, 7) is 1.89. The lowest BCUT2D eigenvalue weighted by molar-refractivity contribution is 0.628. The van der Waals surface area contributed by atoms with Gasteiger partial charge in [0.15, 0.2) is 0 Å². The SMILES string of the molecule is Cc1cc(=N)n(C(=Nc2ccc(F)c(Cl)c2)Nc2cccc(C#N)c2)s1. The Morgan fingerprint density at radius 1 is 1.31 bits per heavy atom. The Morgan fingerprint density at radius 3 is 2.77 bits per heavy atom. The van der Waals surface area contributed by atoms with E-state index in [1.165, 1.54) is 29.7 Å². The van der Waals surface area contributed by atoms with Crippen molar-refractivity contribution < 1.29 is 4.39 Å². The van der Waals surface area contributed by atoms with Crippen LogP contribution in [0.2, 0.25) is 5.02 Å². The first-order valence-corrected chi connectivity index (χ1v) is 8.67. The number of benzene rings is 2. The van der Waals surface area contributed by atoms with E-state index in [2.05, 4.69) is 16.4 Å². The normalized spacial score (nSPS) is 11.2. The molecule has 0 saturated carbocycles. The molecular weight excluding hydrogens is 373 g/mol. The summed E-state index contributed by atoms with van der Waals surface area (Å²) in [5.74, 6) is -0.173. The van der Waals surface area contributed by atoms with E-state index in [1.54, 1.807) is 34.3 Å². The van der Waals surface area contributed by atoms with Gasteiger partial charge in [0.2, 0.25) is 5.96 Å². The molecule has 3 aromatic rings. The van der Waals surface area contributed by atoms with E-state index in [9.17, 15) is 4.39 Å². The van der Waals surface area contributed by atoms with Gasteiger partial charge in [0, 0.05) is 10.6 Å². The maximum Gasteiger partial charge on any atom is 0.223 e. The summed E-state index contributed by atoms with van der Waals surface area (Å²) in [7, 11) is 0. The molecule has 130 valence electrons. The van der Waals surface area contributed by atoms with Gasteiger partial charge in [-0.15, -0.1) is 0 Å². The number of aromatic nitrogens is 1. The number of nitrogens with zero attached hydrogens (tertiary/aromatic N) is 3. The van der Waals surface area contributed by atoms with Crippen molar-refractivity contribution in [2.24, 2.45) is 4.99 Å². The third-order valence-corrected chi connectivity index (χ3v) is 4.62. The van der Waals surface area contributed by atoms with Gasteiger partial charge < -0.3 is 5.32 Å². The molecule has 0 spiro atoms. The largest absolute Gasteiger partial charge is 0.325 e. The molecule has 2 N–H and O–H groups in total. The first-order chi connectivity index (χ1) is 12.5. The van der Waals surface area contributed by atoms with Gasteiger partial charge in [-0.05, 0) is 49.4 Å². The molecule has 3 rings (SSSR count). The minimum Gasteiger partial charge on any atom is -0.325 e. The molecule has 1 heterocycles. The molecule has 0 aliphatic carbocycles. The third kappa shape index (κ3) is 3.99. The molecule has 0 bridgehead atoms. The maximum atomic E-state index is 13.4. The molecule has 1 aromatic heterocycles. The van der Waals surface area contributed by atoms with Crippen LogP contribution >= 0.6 is 23.1 Å². The lowest BCUT2D eigenvalue weighted by atomic mass is 10.2. The molecule has 0 atom stereocenters. The molecule has 0 aliphatic heterocycles. The summed E-state index contributed by atoms with van der Waals surface area (Å²) in [6, 6.07) is 14.9. The number of hydrogen-bond acceptors (Lipinski definition) is 4. The molecule has 8 heteroatoms. The van der Waals surface area contributed by atoms with Crippen molar-refractivity contribution in [3.05, 3.63) is 75.3 Å². The Hall–Kier alpha value is -2.95. The molecule has 0 amide bonds. The lowest BCUT2D eigenvalue weighted by Gasteiger charge is -2.11. The van der Waals surface area contributed by atoms with Gasteiger partial charge in [0.1, 0.15) is 11.3 Å². The second-order valence-electron chi connectivity index (χ2n) is 5.38. The molecule has 2 aromatic carbocycles. The number of aliphatic imine (C=N–C) groups is 1. The summed E-state index contributed by atoms with van der Waals surface area (Å²) in [4.78, 5) is 5.42. The average Bonchev–Trinajstić information content (AvgIpc) is 2.96. The quantitative estimate of drug-likeness (QED) is 0.497. The minimum absolute atomic E-state index is 0.0319. The van der Waals surface area contributed by atoms with E-state index < -0.39 is 5.82 Å². The first kappa shape index (κ1) is 17.9. The van der Waals surface area contributed by atoms with Crippen LogP contribution in [-0.2, 0) is 0 Å². The van der Waals surface area contributed by atoms with E-state index >= 15 is 0 Å². The Kier molecular flexibility index (Phi) is 5.16. The van der Waals surface area contributed by atoms with E-state index in [0.29, 0.717) is 22.9 Å². The van der Waals surface area contributed by atoms with E-state index in [4.69, 9.17) is 22.3 Å². The highest BCUT2D eigenvalue weighted by Crippen LogP contribution is 2.22. The Morgan fingerprint density at radius 2 is 2.12 bits per heavy atom. The van der Waals surface area contributed by atoms with Gasteiger partial charge in [0.05, 0.1) is 22.3 Å². The molecule has 5 nitrogen and oxygen atoms in total. The third-order valence-electron chi connectivity index (χ3n) is 3.37. The fourth-order valence-corrected chi connectivity index (χ4v) is 3.18. The second-order valence-corrected chi connectivity index (χ2v) is 6.98. The fraction of sp³-hybridized carbons (Fsp3) is 0.0556. The minimum atomic E-state index is -0.525. The van der Waals surface area contributed by atoms with Gasteiger partial charge in [-0.25, -0.2) is 13.3 Å². The van der Waals surface area contributed by atoms with Crippen LogP contribution in [0.4, 0.5) is 15.8 Å². The monoisotopic (exact) mass is 385 g/mol. The van der Waals surface area contributed by atoms with Crippen LogP contribution in [0.1, 0.15) is 10.4 Å². The van der Waals surface area contributed by atoms with Crippen LogP contribution in [0.3, 0.4) is 0 Å². The van der Waals surface area contributed by atoms with Crippen LogP contribution in [0, 0.1) is 29.5 Å². The van der Waals surface area contributed by atoms with Crippen molar-refractivity contribution in [1.82, 2.24) is 3.96 Å². The number of hydrogen-bond donors (Lipinski definition) is 2. The molecule has 0 fully saturated rings. The molecular formula is C18H13ClFN5S. The van der Waals surface area contributed by atoms with Crippen LogP contribution < -0.4 is 10.8 Å². The lowest BCUT2D eigenvalue weighted by Crippen LogP contribution is -2.28. The van der Waals surface area contributed by atoms with Crippen LogP contribution in [-0.4, -0.2) is 9.92 Å². The highest BCUT2D eigenvalue weighted by molar-refractivity contribution is 7.07. The van der Waals surface area contributed by atoms with Crippen molar-refractivity contribution >= 4 is 40.5 Å². The van der Waals surface area contributed by atoms with Crippen molar-refractivity contribution in [2.75, 3.05) is 5.32 Å². The van der Waals surface area contributed by atoms with Gasteiger partial charge in [-0.1, -0.05) is 29.2 Å². The van der Waals surface area contributed by atoms with Crippen LogP contribution in [0.5, 0.6) is 0 Å². The van der Waals surface area contributed by atoms with E-state index in [0.717, 1.165) is 4.88 Å². The van der Waals surface area contributed by atoms with Gasteiger partial charge in [0.25, 0.3) is 0 Å². The van der Waals surface area contributed by atoms with Gasteiger partial charge >= 0.3 is 0 Å². The Labute approximate surface area is 158 Å². The fourth-order valence-electron chi connectivity index (χ4n) is 2.22. The number of rotatable bonds is 2. The Bertz CT molecular complexity index is 1090. The predicted octanol–water partition coefficient (Wildman–Crippen LogP) is 4.65. The maximum absolute atomic E-state index is 13.4. The summed E-state index contributed by atoms with van der Waals surface area (Å²) >= 11 is 7.18. The van der Waals surface area contributed by atoms with Crippen LogP contribution in [0.25, 0.3) is 0 Å². The highest BCUT2D eigenvalue weighted by atomic mass is 35.5. The van der Waals surface area contributed by atoms with Gasteiger partial charge in [-0.3, -0.25) is 5.41 Å². The standard InChI is InChI=1S/C18H13ClFN5S/c1-11-7-17(22)25(26-11)18(23-13-4-2-3-12(8-13)10-21)24-14-5-6-16(20)15(19)9-14/h2-9,22H,1H3,(H,23,24).